The normalized spacial score (nSPS) is 15.7. The van der Waals surface area contributed by atoms with Crippen LogP contribution in [0.25, 0.3) is 0 Å². The molecule has 27 heavy (non-hydrogen) atoms. The quantitative estimate of drug-likeness (QED) is 0.734. The van der Waals surface area contributed by atoms with Crippen LogP contribution in [0.2, 0.25) is 0 Å². The van der Waals surface area contributed by atoms with Crippen molar-refractivity contribution in [3.63, 3.8) is 0 Å². The SMILES string of the molecule is CCCCc1nc(CN2CCC(NC(=O)CCc3ccccc3)CC2)no1. The van der Waals surface area contributed by atoms with E-state index in [2.05, 4.69) is 39.4 Å². The highest BCUT2D eigenvalue weighted by Gasteiger charge is 2.22. The Morgan fingerprint density at radius 1 is 1.22 bits per heavy atom. The number of nitrogens with one attached hydrogen (secondary N) is 1. The second kappa shape index (κ2) is 10.2. The fourth-order valence-electron chi connectivity index (χ4n) is 3.42. The molecule has 1 saturated heterocycles. The Kier molecular flexibility index (Phi) is 7.39. The van der Waals surface area contributed by atoms with E-state index in [1.165, 1.54) is 5.56 Å². The smallest absolute Gasteiger partial charge is 0.226 e. The monoisotopic (exact) mass is 370 g/mol. The van der Waals surface area contributed by atoms with E-state index in [0.717, 1.165) is 69.9 Å². The molecular weight excluding hydrogens is 340 g/mol. The molecule has 1 aromatic carbocycles. The van der Waals surface area contributed by atoms with Gasteiger partial charge in [0.15, 0.2) is 5.82 Å². The Balaban J connectivity index is 1.34. The van der Waals surface area contributed by atoms with Crippen molar-refractivity contribution in [3.05, 3.63) is 47.6 Å². The van der Waals surface area contributed by atoms with Gasteiger partial charge in [-0.2, -0.15) is 4.98 Å². The number of carbonyl (C=O) groups excluding carboxylic acids is 1. The molecule has 1 amide bonds. The lowest BCUT2D eigenvalue weighted by atomic mass is 10.0. The van der Waals surface area contributed by atoms with E-state index in [9.17, 15) is 4.79 Å². The predicted octanol–water partition coefficient (Wildman–Crippen LogP) is 3.13. The Morgan fingerprint density at radius 3 is 2.74 bits per heavy atom. The van der Waals surface area contributed by atoms with Gasteiger partial charge in [0.1, 0.15) is 0 Å². The number of amides is 1. The summed E-state index contributed by atoms with van der Waals surface area (Å²) in [6.45, 7) is 4.77. The van der Waals surface area contributed by atoms with Gasteiger partial charge in [0.05, 0.1) is 6.54 Å². The highest BCUT2D eigenvalue weighted by molar-refractivity contribution is 5.76. The number of hydrogen-bond donors (Lipinski definition) is 1. The van der Waals surface area contributed by atoms with Gasteiger partial charge in [-0.1, -0.05) is 48.8 Å². The van der Waals surface area contributed by atoms with Crippen molar-refractivity contribution in [3.8, 4) is 0 Å². The van der Waals surface area contributed by atoms with Crippen LogP contribution in [0.5, 0.6) is 0 Å². The molecule has 0 spiro atoms. The van der Waals surface area contributed by atoms with E-state index in [1.807, 2.05) is 18.2 Å². The van der Waals surface area contributed by atoms with Gasteiger partial charge in [0, 0.05) is 32.0 Å². The zero-order valence-corrected chi connectivity index (χ0v) is 16.2. The Bertz CT molecular complexity index is 693. The van der Waals surface area contributed by atoms with Gasteiger partial charge in [-0.25, -0.2) is 0 Å². The summed E-state index contributed by atoms with van der Waals surface area (Å²) in [7, 11) is 0. The minimum atomic E-state index is 0.149. The van der Waals surface area contributed by atoms with Crippen LogP contribution < -0.4 is 5.32 Å². The van der Waals surface area contributed by atoms with Gasteiger partial charge in [0.25, 0.3) is 0 Å². The maximum absolute atomic E-state index is 12.2. The van der Waals surface area contributed by atoms with Crippen molar-refractivity contribution < 1.29 is 9.32 Å². The third-order valence-electron chi connectivity index (χ3n) is 5.06. The van der Waals surface area contributed by atoms with Crippen LogP contribution in [-0.2, 0) is 24.2 Å². The molecule has 146 valence electrons. The summed E-state index contributed by atoms with van der Waals surface area (Å²) in [5.41, 5.74) is 1.21. The summed E-state index contributed by atoms with van der Waals surface area (Å²) in [6, 6.07) is 10.4. The van der Waals surface area contributed by atoms with E-state index in [-0.39, 0.29) is 11.9 Å². The number of benzene rings is 1. The number of likely N-dealkylation sites (tertiary alicyclic amines) is 1. The third-order valence-corrected chi connectivity index (χ3v) is 5.06. The molecule has 2 aromatic rings. The average molecular weight is 370 g/mol. The molecule has 0 aliphatic carbocycles. The molecule has 0 atom stereocenters. The standard InChI is InChI=1S/C21H30N4O2/c1-2-3-9-21-23-19(24-27-21)16-25-14-12-18(13-15-25)22-20(26)11-10-17-7-5-4-6-8-17/h4-8,18H,2-3,9-16H2,1H3,(H,22,26). The second-order valence-corrected chi connectivity index (χ2v) is 7.31. The van der Waals surface area contributed by atoms with Crippen molar-refractivity contribution in [2.45, 2.75) is 64.5 Å². The topological polar surface area (TPSA) is 71.3 Å². The minimum absolute atomic E-state index is 0.149. The Hall–Kier alpha value is -2.21. The molecule has 3 rings (SSSR count). The summed E-state index contributed by atoms with van der Waals surface area (Å²) < 4.78 is 5.30. The van der Waals surface area contributed by atoms with E-state index >= 15 is 0 Å². The lowest BCUT2D eigenvalue weighted by Gasteiger charge is -2.31. The zero-order chi connectivity index (χ0) is 18.9. The van der Waals surface area contributed by atoms with Crippen LogP contribution in [0, 0.1) is 0 Å². The van der Waals surface area contributed by atoms with Gasteiger partial charge in [-0.05, 0) is 31.2 Å². The maximum Gasteiger partial charge on any atom is 0.226 e. The van der Waals surface area contributed by atoms with Crippen LogP contribution >= 0.6 is 0 Å². The highest BCUT2D eigenvalue weighted by Crippen LogP contribution is 2.14. The number of aromatic nitrogens is 2. The molecule has 0 unspecified atom stereocenters. The number of rotatable bonds is 9. The largest absolute Gasteiger partial charge is 0.353 e. The Morgan fingerprint density at radius 2 is 2.00 bits per heavy atom. The average Bonchev–Trinajstić information content (AvgIpc) is 3.14. The lowest BCUT2D eigenvalue weighted by Crippen LogP contribution is -2.44. The molecule has 0 radical (unpaired) electrons. The van der Waals surface area contributed by atoms with Gasteiger partial charge in [0.2, 0.25) is 11.8 Å². The molecule has 1 N–H and O–H groups in total. The fourth-order valence-corrected chi connectivity index (χ4v) is 3.42. The van der Waals surface area contributed by atoms with E-state index < -0.39 is 0 Å². The van der Waals surface area contributed by atoms with E-state index in [0.29, 0.717) is 6.42 Å². The number of unbranched alkanes of at least 4 members (excludes halogenated alkanes) is 1. The van der Waals surface area contributed by atoms with Crippen LogP contribution in [0.1, 0.15) is 56.3 Å². The molecule has 1 aromatic heterocycles. The maximum atomic E-state index is 12.2. The summed E-state index contributed by atoms with van der Waals surface area (Å²) in [5, 5.41) is 7.27. The second-order valence-electron chi connectivity index (χ2n) is 7.31. The first-order valence-corrected chi connectivity index (χ1v) is 10.1. The van der Waals surface area contributed by atoms with Gasteiger partial charge < -0.3 is 9.84 Å². The van der Waals surface area contributed by atoms with E-state index in [4.69, 9.17) is 4.52 Å². The molecule has 2 heterocycles. The lowest BCUT2D eigenvalue weighted by molar-refractivity contribution is -0.122. The third kappa shape index (κ3) is 6.47. The number of nitrogens with zero attached hydrogens (tertiary/aromatic N) is 3. The van der Waals surface area contributed by atoms with Crippen LogP contribution in [0.15, 0.2) is 34.9 Å². The number of aryl methyl sites for hydroxylation is 2. The van der Waals surface area contributed by atoms with Crippen LogP contribution in [0.4, 0.5) is 0 Å². The summed E-state index contributed by atoms with van der Waals surface area (Å²) in [5.74, 6) is 1.66. The number of piperidine rings is 1. The molecule has 1 aliphatic rings. The highest BCUT2D eigenvalue weighted by atomic mass is 16.5. The summed E-state index contributed by atoms with van der Waals surface area (Å²) in [6.07, 6.45) is 6.35. The first-order chi connectivity index (χ1) is 13.2. The van der Waals surface area contributed by atoms with Crippen molar-refractivity contribution >= 4 is 5.91 Å². The molecule has 0 bridgehead atoms. The Labute approximate surface area is 161 Å². The zero-order valence-electron chi connectivity index (χ0n) is 16.2. The predicted molar refractivity (Wildman–Crippen MR) is 104 cm³/mol. The molecule has 1 aliphatic heterocycles. The van der Waals surface area contributed by atoms with Crippen LogP contribution in [-0.4, -0.2) is 40.1 Å². The molecule has 6 nitrogen and oxygen atoms in total. The summed E-state index contributed by atoms with van der Waals surface area (Å²) in [4.78, 5) is 19.0. The molecule has 6 heteroatoms. The van der Waals surface area contributed by atoms with Crippen LogP contribution in [0.3, 0.4) is 0 Å². The number of carbonyl (C=O) groups is 1. The first kappa shape index (κ1) is 19.5. The first-order valence-electron chi connectivity index (χ1n) is 10.1. The van der Waals surface area contributed by atoms with Gasteiger partial charge >= 0.3 is 0 Å². The number of hydrogen-bond acceptors (Lipinski definition) is 5. The fraction of sp³-hybridized carbons (Fsp3) is 0.571. The summed E-state index contributed by atoms with van der Waals surface area (Å²) >= 11 is 0. The molecule has 1 fully saturated rings. The van der Waals surface area contributed by atoms with Gasteiger partial charge in [-0.3, -0.25) is 9.69 Å². The van der Waals surface area contributed by atoms with Crippen molar-refractivity contribution in [1.82, 2.24) is 20.4 Å². The van der Waals surface area contributed by atoms with Gasteiger partial charge in [-0.15, -0.1) is 0 Å². The molecular formula is C21H30N4O2. The van der Waals surface area contributed by atoms with Crippen molar-refractivity contribution in [1.29, 1.82) is 0 Å². The molecule has 0 saturated carbocycles. The minimum Gasteiger partial charge on any atom is -0.353 e. The van der Waals surface area contributed by atoms with E-state index in [1.54, 1.807) is 0 Å². The van der Waals surface area contributed by atoms with Crippen molar-refractivity contribution in [2.75, 3.05) is 13.1 Å². The van der Waals surface area contributed by atoms with Crippen molar-refractivity contribution in [2.24, 2.45) is 0 Å².